The Morgan fingerprint density at radius 1 is 0.358 bits per heavy atom. The lowest BCUT2D eigenvalue weighted by atomic mass is 10.1. The maximum atomic E-state index is 5.36. The van der Waals surface area contributed by atoms with E-state index in [4.69, 9.17) is 15.0 Å². The van der Waals surface area contributed by atoms with Gasteiger partial charge in [0.15, 0.2) is 0 Å². The van der Waals surface area contributed by atoms with E-state index >= 15 is 0 Å². The quantitative estimate of drug-likeness (QED) is 0.187. The number of rotatable bonds is 3. The molecule has 0 radical (unpaired) electrons. The Morgan fingerprint density at radius 2 is 1.00 bits per heavy atom. The van der Waals surface area contributed by atoms with Gasteiger partial charge in [0, 0.05) is 43.6 Å². The van der Waals surface area contributed by atoms with E-state index in [9.17, 15) is 0 Å². The molecule has 5 heterocycles. The summed E-state index contributed by atoms with van der Waals surface area (Å²) in [7, 11) is 0. The van der Waals surface area contributed by atoms with Crippen molar-refractivity contribution in [1.29, 1.82) is 0 Å². The molecule has 0 fully saturated rings. The Kier molecular flexibility index (Phi) is 5.68. The monoisotopic (exact) mass is 676 g/mol. The number of nitrogens with zero attached hydrogens (tertiary/aromatic N) is 6. The van der Waals surface area contributed by atoms with Crippen LogP contribution in [0.1, 0.15) is 0 Å². The van der Waals surface area contributed by atoms with Crippen LogP contribution in [0, 0.1) is 0 Å². The van der Waals surface area contributed by atoms with Gasteiger partial charge in [0.2, 0.25) is 5.95 Å². The van der Waals surface area contributed by atoms with Crippen LogP contribution >= 0.6 is 0 Å². The van der Waals surface area contributed by atoms with Crippen LogP contribution in [0.4, 0.5) is 0 Å². The van der Waals surface area contributed by atoms with Gasteiger partial charge in [-0.15, -0.1) is 0 Å². The van der Waals surface area contributed by atoms with Crippen molar-refractivity contribution in [3.05, 3.63) is 170 Å². The fraction of sp³-hybridized carbons (Fsp3) is 0. The van der Waals surface area contributed by atoms with E-state index in [0.29, 0.717) is 5.95 Å². The molecule has 0 amide bonds. The number of fused-ring (bicyclic) bond motifs is 15. The summed E-state index contributed by atoms with van der Waals surface area (Å²) in [6.07, 6.45) is 0. The van der Waals surface area contributed by atoms with Crippen molar-refractivity contribution in [2.24, 2.45) is 0 Å². The lowest BCUT2D eigenvalue weighted by molar-refractivity contribution is 1.01. The van der Waals surface area contributed by atoms with Crippen molar-refractivity contribution in [1.82, 2.24) is 28.5 Å². The number of imidazole rings is 1. The Labute approximate surface area is 302 Å². The number of benzene rings is 7. The smallest absolute Gasteiger partial charge is 0.235 e. The maximum absolute atomic E-state index is 5.36. The Bertz CT molecular complexity index is 3450. The van der Waals surface area contributed by atoms with Gasteiger partial charge >= 0.3 is 0 Å². The van der Waals surface area contributed by atoms with Crippen LogP contribution in [-0.2, 0) is 0 Å². The minimum Gasteiger partial charge on any atom is -0.306 e. The topological polar surface area (TPSA) is 52.9 Å². The van der Waals surface area contributed by atoms with Gasteiger partial charge < -0.3 is 4.57 Å². The van der Waals surface area contributed by atoms with Crippen molar-refractivity contribution >= 4 is 82.1 Å². The van der Waals surface area contributed by atoms with Gasteiger partial charge in [0.25, 0.3) is 0 Å². The van der Waals surface area contributed by atoms with E-state index in [-0.39, 0.29) is 0 Å². The summed E-state index contributed by atoms with van der Waals surface area (Å²) in [5.74, 6) is 0.643. The molecule has 6 nitrogen and oxygen atoms in total. The van der Waals surface area contributed by atoms with Crippen molar-refractivity contribution in [2.45, 2.75) is 0 Å². The molecule has 0 saturated heterocycles. The third-order valence-electron chi connectivity index (χ3n) is 10.8. The predicted octanol–water partition coefficient (Wildman–Crippen LogP) is 11.4. The van der Waals surface area contributed by atoms with E-state index < -0.39 is 0 Å². The van der Waals surface area contributed by atoms with Crippen molar-refractivity contribution in [3.63, 3.8) is 0 Å². The first-order valence-corrected chi connectivity index (χ1v) is 17.9. The molecule has 6 heteroatoms. The highest BCUT2D eigenvalue weighted by atomic mass is 15.2. The van der Waals surface area contributed by atoms with Gasteiger partial charge in [-0.1, -0.05) is 121 Å². The normalized spacial score (nSPS) is 12.2. The minimum atomic E-state index is 0.643. The van der Waals surface area contributed by atoms with Crippen LogP contribution in [0.3, 0.4) is 0 Å². The molecule has 0 aliphatic carbocycles. The number of aromatic nitrogens is 6. The zero-order chi connectivity index (χ0) is 34.6. The fourth-order valence-corrected chi connectivity index (χ4v) is 8.63. The first kappa shape index (κ1) is 28.4. The standard InChI is InChI=1S/C47H28N6/c1-3-15-29(16-4-1)42-33-21-9-11-23-36(33)49-47(50-42)52-38-25-13-10-22-34(38)41-40(52)28-27-35-43(41)51(30-17-5-2-6-18-30)44-31-19-7-8-20-32(31)46-48-37-24-12-14-26-39(37)53(46)45(35)44/h1-28H. The third kappa shape index (κ3) is 3.84. The second-order valence-electron chi connectivity index (χ2n) is 13.6. The molecule has 0 unspecified atom stereocenters. The molecule has 0 N–H and O–H groups in total. The molecule has 7 aromatic carbocycles. The molecule has 0 spiro atoms. The second-order valence-corrected chi connectivity index (χ2v) is 13.6. The average molecular weight is 677 g/mol. The Hall–Kier alpha value is -7.31. The van der Waals surface area contributed by atoms with Crippen LogP contribution in [0.25, 0.3) is 105 Å². The van der Waals surface area contributed by atoms with Crippen LogP contribution in [0.2, 0.25) is 0 Å². The summed E-state index contributed by atoms with van der Waals surface area (Å²) in [5, 5.41) is 6.75. The molecular weight excluding hydrogens is 649 g/mol. The third-order valence-corrected chi connectivity index (χ3v) is 10.8. The van der Waals surface area contributed by atoms with E-state index in [0.717, 1.165) is 99.0 Å². The SMILES string of the molecule is c1ccc(-c2nc(-n3c4ccccc4c4c3ccc3c4n(-c4ccccc4)c4c5ccccc5c5nc6ccccc6n5c34)nc3ccccc23)cc1. The van der Waals surface area contributed by atoms with E-state index in [2.05, 4.69) is 171 Å². The minimum absolute atomic E-state index is 0.643. The van der Waals surface area contributed by atoms with Crippen LogP contribution in [0.5, 0.6) is 0 Å². The van der Waals surface area contributed by atoms with Crippen molar-refractivity contribution in [2.75, 3.05) is 0 Å². The molecule has 12 rings (SSSR count). The van der Waals surface area contributed by atoms with E-state index in [1.54, 1.807) is 0 Å². The lowest BCUT2D eigenvalue weighted by Crippen LogP contribution is -2.03. The Morgan fingerprint density at radius 3 is 1.81 bits per heavy atom. The van der Waals surface area contributed by atoms with E-state index in [1.165, 1.54) is 0 Å². The van der Waals surface area contributed by atoms with Gasteiger partial charge in [-0.05, 0) is 48.5 Å². The van der Waals surface area contributed by atoms with Gasteiger partial charge in [-0.3, -0.25) is 8.97 Å². The highest BCUT2D eigenvalue weighted by molar-refractivity contribution is 6.29. The summed E-state index contributed by atoms with van der Waals surface area (Å²) in [4.78, 5) is 15.8. The zero-order valence-corrected chi connectivity index (χ0v) is 28.3. The maximum Gasteiger partial charge on any atom is 0.235 e. The number of pyridine rings is 1. The number of hydrogen-bond donors (Lipinski definition) is 0. The molecule has 5 aromatic heterocycles. The molecule has 53 heavy (non-hydrogen) atoms. The number of para-hydroxylation sites is 5. The molecule has 0 aliphatic rings. The summed E-state index contributed by atoms with van der Waals surface area (Å²) in [5.41, 5.74) is 12.5. The van der Waals surface area contributed by atoms with E-state index in [1.807, 2.05) is 12.1 Å². The summed E-state index contributed by atoms with van der Waals surface area (Å²) in [6.45, 7) is 0. The zero-order valence-electron chi connectivity index (χ0n) is 28.3. The Balaban J connectivity index is 1.32. The molecule has 0 atom stereocenters. The lowest BCUT2D eigenvalue weighted by Gasteiger charge is -2.12. The average Bonchev–Trinajstić information content (AvgIpc) is 3.89. The van der Waals surface area contributed by atoms with Crippen LogP contribution in [0.15, 0.2) is 170 Å². The molecule has 0 aliphatic heterocycles. The van der Waals surface area contributed by atoms with Gasteiger partial charge in [0.05, 0.1) is 49.8 Å². The fourth-order valence-electron chi connectivity index (χ4n) is 8.63. The molecule has 0 bridgehead atoms. The summed E-state index contributed by atoms with van der Waals surface area (Å²) < 4.78 is 7.09. The molecule has 0 saturated carbocycles. The van der Waals surface area contributed by atoms with Crippen LogP contribution in [-0.4, -0.2) is 28.5 Å². The van der Waals surface area contributed by atoms with Crippen molar-refractivity contribution < 1.29 is 0 Å². The second kappa shape index (κ2) is 10.6. The molecular formula is C47H28N6. The highest BCUT2D eigenvalue weighted by Gasteiger charge is 2.26. The van der Waals surface area contributed by atoms with Gasteiger partial charge in [0.1, 0.15) is 5.65 Å². The largest absolute Gasteiger partial charge is 0.306 e. The predicted molar refractivity (Wildman–Crippen MR) is 217 cm³/mol. The number of hydrogen-bond acceptors (Lipinski definition) is 3. The van der Waals surface area contributed by atoms with Gasteiger partial charge in [-0.2, -0.15) is 0 Å². The molecule has 12 aromatic rings. The van der Waals surface area contributed by atoms with Crippen molar-refractivity contribution in [3.8, 4) is 22.9 Å². The van der Waals surface area contributed by atoms with Crippen LogP contribution < -0.4 is 0 Å². The highest BCUT2D eigenvalue weighted by Crippen LogP contribution is 2.45. The first-order valence-electron chi connectivity index (χ1n) is 17.9. The summed E-state index contributed by atoms with van der Waals surface area (Å²) >= 11 is 0. The first-order chi connectivity index (χ1) is 26.3. The van der Waals surface area contributed by atoms with Gasteiger partial charge in [-0.25, -0.2) is 15.0 Å². The molecule has 246 valence electrons. The summed E-state index contributed by atoms with van der Waals surface area (Å²) in [6, 6.07) is 59.8.